The van der Waals surface area contributed by atoms with Gasteiger partial charge in [-0.15, -0.1) is 0 Å². The first-order chi connectivity index (χ1) is 9.97. The molecule has 110 valence electrons. The van der Waals surface area contributed by atoms with Crippen LogP contribution < -0.4 is 0 Å². The molecule has 0 saturated carbocycles. The van der Waals surface area contributed by atoms with Crippen LogP contribution in [-0.4, -0.2) is 23.9 Å². The average molecular weight is 367 g/mol. The van der Waals surface area contributed by atoms with E-state index < -0.39 is 0 Å². The first-order valence-corrected chi connectivity index (χ1v) is 7.93. The molecule has 0 aliphatic heterocycles. The molecule has 2 rings (SSSR count). The Hall–Kier alpha value is -1.37. The second-order valence-corrected chi connectivity index (χ2v) is 6.82. The monoisotopic (exact) mass is 366 g/mol. The third-order valence-corrected chi connectivity index (χ3v) is 4.46. The number of nitrogens with zero attached hydrogens (tertiary/aromatic N) is 2. The molecule has 0 aliphatic carbocycles. The summed E-state index contributed by atoms with van der Waals surface area (Å²) >= 11 is 4.80. The number of hydrogen-bond donors (Lipinski definition) is 0. The minimum Gasteiger partial charge on any atom is -0.305 e. The highest BCUT2D eigenvalue weighted by Crippen LogP contribution is 2.38. The summed E-state index contributed by atoms with van der Waals surface area (Å²) in [4.78, 5) is 14.6. The zero-order valence-electron chi connectivity index (χ0n) is 11.7. The molecule has 0 aliphatic rings. The molecule has 0 radical (unpaired) electrons. The van der Waals surface area contributed by atoms with Crippen LogP contribution in [-0.2, 0) is 6.54 Å². The summed E-state index contributed by atoms with van der Waals surface area (Å²) in [6.45, 7) is 0.797. The highest BCUT2D eigenvalue weighted by atomic mass is 79.9. The van der Waals surface area contributed by atoms with Gasteiger partial charge in [0.15, 0.2) is 0 Å². The van der Waals surface area contributed by atoms with Crippen molar-refractivity contribution in [1.29, 1.82) is 0 Å². The largest absolute Gasteiger partial charge is 0.305 e. The van der Waals surface area contributed by atoms with Crippen LogP contribution in [0.2, 0.25) is 0 Å². The van der Waals surface area contributed by atoms with Crippen molar-refractivity contribution in [1.82, 2.24) is 4.90 Å². The lowest BCUT2D eigenvalue weighted by atomic mass is 10.2. The van der Waals surface area contributed by atoms with E-state index in [1.54, 1.807) is 12.1 Å². The molecular formula is C15H15BrN2O2S. The van der Waals surface area contributed by atoms with Crippen LogP contribution in [0, 0.1) is 10.1 Å². The van der Waals surface area contributed by atoms with Gasteiger partial charge in [-0.05, 0) is 37.9 Å². The fourth-order valence-corrected chi connectivity index (χ4v) is 3.51. The van der Waals surface area contributed by atoms with E-state index in [0.717, 1.165) is 21.5 Å². The first kappa shape index (κ1) is 16.0. The molecule has 0 unspecified atom stereocenters. The lowest BCUT2D eigenvalue weighted by Crippen LogP contribution is -2.11. The van der Waals surface area contributed by atoms with Gasteiger partial charge in [-0.1, -0.05) is 45.9 Å². The lowest BCUT2D eigenvalue weighted by molar-refractivity contribution is -0.387. The molecule has 2 aromatic rings. The number of rotatable bonds is 5. The van der Waals surface area contributed by atoms with E-state index in [1.165, 1.54) is 17.8 Å². The van der Waals surface area contributed by atoms with E-state index in [9.17, 15) is 10.1 Å². The van der Waals surface area contributed by atoms with Crippen LogP contribution in [0.4, 0.5) is 5.69 Å². The fourth-order valence-electron chi connectivity index (χ4n) is 1.91. The Labute approximate surface area is 136 Å². The van der Waals surface area contributed by atoms with E-state index >= 15 is 0 Å². The Morgan fingerprint density at radius 3 is 2.57 bits per heavy atom. The van der Waals surface area contributed by atoms with Gasteiger partial charge in [0.25, 0.3) is 5.69 Å². The van der Waals surface area contributed by atoms with Gasteiger partial charge in [0, 0.05) is 22.0 Å². The van der Waals surface area contributed by atoms with Crippen molar-refractivity contribution >= 4 is 33.4 Å². The molecule has 0 bridgehead atoms. The fraction of sp³-hybridized carbons (Fsp3) is 0.200. The molecule has 0 spiro atoms. The van der Waals surface area contributed by atoms with Crippen molar-refractivity contribution in [2.45, 2.75) is 16.3 Å². The molecule has 0 saturated heterocycles. The molecule has 4 nitrogen and oxygen atoms in total. The third-order valence-electron chi connectivity index (χ3n) is 2.80. The SMILES string of the molecule is CN(C)Cc1ccccc1Sc1cc(Br)ccc1[N+](=O)[O-]. The topological polar surface area (TPSA) is 46.4 Å². The van der Waals surface area contributed by atoms with Crippen molar-refractivity contribution in [2.75, 3.05) is 14.1 Å². The Kier molecular flexibility index (Phi) is 5.39. The van der Waals surface area contributed by atoms with Crippen molar-refractivity contribution < 1.29 is 4.92 Å². The molecule has 2 aromatic carbocycles. The molecule has 0 fully saturated rings. The summed E-state index contributed by atoms with van der Waals surface area (Å²) < 4.78 is 0.834. The summed E-state index contributed by atoms with van der Waals surface area (Å²) in [6.07, 6.45) is 0. The number of nitro benzene ring substituents is 1. The van der Waals surface area contributed by atoms with Gasteiger partial charge in [-0.3, -0.25) is 10.1 Å². The molecule has 0 aromatic heterocycles. The third kappa shape index (κ3) is 4.30. The van der Waals surface area contributed by atoms with E-state index in [1.807, 2.05) is 38.4 Å². The molecule has 0 atom stereocenters. The minimum absolute atomic E-state index is 0.128. The molecule has 6 heteroatoms. The quantitative estimate of drug-likeness (QED) is 0.574. The van der Waals surface area contributed by atoms with Gasteiger partial charge in [0.1, 0.15) is 0 Å². The molecular weight excluding hydrogens is 352 g/mol. The maximum atomic E-state index is 11.2. The maximum Gasteiger partial charge on any atom is 0.283 e. The standard InChI is InChI=1S/C15H15BrN2O2S/c1-17(2)10-11-5-3-4-6-14(11)21-15-9-12(16)7-8-13(15)18(19)20/h3-9H,10H2,1-2H3. The zero-order valence-corrected chi connectivity index (χ0v) is 14.1. The van der Waals surface area contributed by atoms with E-state index in [2.05, 4.69) is 20.8 Å². The smallest absolute Gasteiger partial charge is 0.283 e. The van der Waals surface area contributed by atoms with Crippen molar-refractivity contribution in [3.63, 3.8) is 0 Å². The number of halogens is 1. The number of benzene rings is 2. The highest BCUT2D eigenvalue weighted by molar-refractivity contribution is 9.10. The average Bonchev–Trinajstić information content (AvgIpc) is 2.40. The van der Waals surface area contributed by atoms with E-state index in [4.69, 9.17) is 0 Å². The van der Waals surface area contributed by atoms with Crippen LogP contribution in [0.3, 0.4) is 0 Å². The van der Waals surface area contributed by atoms with Crippen molar-refractivity contribution in [3.8, 4) is 0 Å². The summed E-state index contributed by atoms with van der Waals surface area (Å²) in [6, 6.07) is 13.0. The number of nitro groups is 1. The maximum absolute atomic E-state index is 11.2. The van der Waals surface area contributed by atoms with Gasteiger partial charge in [-0.2, -0.15) is 0 Å². The number of hydrogen-bond acceptors (Lipinski definition) is 4. The van der Waals surface area contributed by atoms with Gasteiger partial charge in [0.2, 0.25) is 0 Å². The second-order valence-electron chi connectivity index (χ2n) is 4.82. The normalized spacial score (nSPS) is 10.9. The van der Waals surface area contributed by atoms with Crippen LogP contribution >= 0.6 is 27.7 Å². The Balaban J connectivity index is 2.38. The predicted molar refractivity (Wildman–Crippen MR) is 88.8 cm³/mol. The Morgan fingerprint density at radius 1 is 1.19 bits per heavy atom. The van der Waals surface area contributed by atoms with E-state index in [-0.39, 0.29) is 10.6 Å². The van der Waals surface area contributed by atoms with Crippen molar-refractivity contribution in [3.05, 3.63) is 62.6 Å². The molecule has 21 heavy (non-hydrogen) atoms. The van der Waals surface area contributed by atoms with Crippen LogP contribution in [0.15, 0.2) is 56.7 Å². The predicted octanol–water partition coefficient (Wildman–Crippen LogP) is 4.57. The van der Waals surface area contributed by atoms with Gasteiger partial charge in [0.05, 0.1) is 9.82 Å². The molecule has 0 amide bonds. The Morgan fingerprint density at radius 2 is 1.90 bits per heavy atom. The van der Waals surface area contributed by atoms with Gasteiger partial charge in [-0.25, -0.2) is 0 Å². The molecule has 0 N–H and O–H groups in total. The Bertz CT molecular complexity index is 662. The summed E-state index contributed by atoms with van der Waals surface area (Å²) in [5, 5.41) is 11.2. The highest BCUT2D eigenvalue weighted by Gasteiger charge is 2.16. The van der Waals surface area contributed by atoms with Crippen LogP contribution in [0.5, 0.6) is 0 Å². The van der Waals surface area contributed by atoms with Crippen LogP contribution in [0.25, 0.3) is 0 Å². The second kappa shape index (κ2) is 7.06. The minimum atomic E-state index is -0.344. The summed E-state index contributed by atoms with van der Waals surface area (Å²) in [7, 11) is 4.01. The zero-order chi connectivity index (χ0) is 15.4. The molecule has 0 heterocycles. The van der Waals surface area contributed by atoms with Crippen LogP contribution in [0.1, 0.15) is 5.56 Å². The lowest BCUT2D eigenvalue weighted by Gasteiger charge is -2.13. The first-order valence-electron chi connectivity index (χ1n) is 6.32. The summed E-state index contributed by atoms with van der Waals surface area (Å²) in [5.74, 6) is 0. The van der Waals surface area contributed by atoms with Crippen molar-refractivity contribution in [2.24, 2.45) is 0 Å². The van der Waals surface area contributed by atoms with Gasteiger partial charge < -0.3 is 4.90 Å². The van der Waals surface area contributed by atoms with E-state index in [0.29, 0.717) is 4.90 Å². The summed E-state index contributed by atoms with van der Waals surface area (Å²) in [5.41, 5.74) is 1.28. The van der Waals surface area contributed by atoms with Gasteiger partial charge >= 0.3 is 0 Å².